The molecule has 0 saturated heterocycles. The molecule has 1 atom stereocenters. The Balaban J connectivity index is 0.000000541. The van der Waals surface area contributed by atoms with Gasteiger partial charge in [-0.05, 0) is 47.7 Å². The van der Waals surface area contributed by atoms with Crippen LogP contribution < -0.4 is 16.2 Å². The van der Waals surface area contributed by atoms with Crippen molar-refractivity contribution in [2.24, 2.45) is 7.05 Å². The smallest absolute Gasteiger partial charge is 0.490 e. The number of aryl methyl sites for hydroxylation is 2. The van der Waals surface area contributed by atoms with E-state index in [9.17, 15) is 13.2 Å². The van der Waals surface area contributed by atoms with Crippen LogP contribution in [0.1, 0.15) is 35.5 Å². The third kappa shape index (κ3) is 6.66. The first kappa shape index (κ1) is 30.8. The van der Waals surface area contributed by atoms with Crippen LogP contribution in [0.25, 0.3) is 22.2 Å². The summed E-state index contributed by atoms with van der Waals surface area (Å²) in [5.41, 5.74) is 15.7. The maximum Gasteiger partial charge on any atom is 0.490 e. The largest absolute Gasteiger partial charge is 0.496 e. The van der Waals surface area contributed by atoms with Gasteiger partial charge in [0.05, 0.1) is 18.7 Å². The minimum atomic E-state index is -5.08. The van der Waals surface area contributed by atoms with E-state index in [1.165, 1.54) is 13.2 Å². The second-order valence-electron chi connectivity index (χ2n) is 9.47. The lowest BCUT2D eigenvalue weighted by molar-refractivity contribution is -0.192. The predicted molar refractivity (Wildman–Crippen MR) is 154 cm³/mol. The van der Waals surface area contributed by atoms with Crippen molar-refractivity contribution in [1.29, 1.82) is 0 Å². The Morgan fingerprint density at radius 2 is 1.72 bits per heavy atom. The summed E-state index contributed by atoms with van der Waals surface area (Å²) in [6.45, 7) is 2.00. The summed E-state index contributed by atoms with van der Waals surface area (Å²) in [7, 11) is 3.34. The number of alkyl halides is 3. The number of fused-ring (bicyclic) bond motifs is 1. The van der Waals surface area contributed by atoms with Crippen molar-refractivity contribution in [3.8, 4) is 17.1 Å². The first-order valence-corrected chi connectivity index (χ1v) is 12.9. The minimum Gasteiger partial charge on any atom is -0.496 e. The first-order valence-electron chi connectivity index (χ1n) is 12.9. The topological polar surface area (TPSA) is 142 Å². The molecular formula is C30H28F4N6O3. The van der Waals surface area contributed by atoms with E-state index in [2.05, 4.69) is 5.10 Å². The van der Waals surface area contributed by atoms with Gasteiger partial charge in [-0.2, -0.15) is 18.3 Å². The molecule has 5 rings (SSSR count). The normalized spacial score (nSPS) is 12.0. The molecule has 0 aliphatic carbocycles. The van der Waals surface area contributed by atoms with Crippen LogP contribution in [-0.2, 0) is 18.3 Å². The fourth-order valence-electron chi connectivity index (χ4n) is 4.57. The van der Waals surface area contributed by atoms with Crippen LogP contribution in [0.5, 0.6) is 5.75 Å². The highest BCUT2D eigenvalue weighted by Gasteiger charge is 2.38. The summed E-state index contributed by atoms with van der Waals surface area (Å²) < 4.78 is 54.5. The lowest BCUT2D eigenvalue weighted by Gasteiger charge is -2.20. The number of aromatic nitrogens is 4. The second-order valence-corrected chi connectivity index (χ2v) is 9.47. The van der Waals surface area contributed by atoms with Crippen molar-refractivity contribution >= 4 is 28.2 Å². The van der Waals surface area contributed by atoms with Gasteiger partial charge in [-0.3, -0.25) is 4.68 Å². The zero-order valence-electron chi connectivity index (χ0n) is 23.4. The van der Waals surface area contributed by atoms with Crippen LogP contribution >= 0.6 is 0 Å². The summed E-state index contributed by atoms with van der Waals surface area (Å²) in [6, 6.07) is 20.2. The standard InChI is InChI=1S/C28H27FN6O.C2HF3O2/c1-4-16-13-21(22(29)15-24(16)36-3)25(23-14-18-12-19(30)10-11-20(18)26(31)32-23)28-33-27(34-35(28)2)17-8-6-5-7-9-17;3-2(4,5)1(6)7/h5-15,25H,4,30H2,1-3H3,(H2,31,32);(H,6,7). The summed E-state index contributed by atoms with van der Waals surface area (Å²) >= 11 is 0. The van der Waals surface area contributed by atoms with E-state index in [1.54, 1.807) is 17.8 Å². The predicted octanol–water partition coefficient (Wildman–Crippen LogP) is 5.72. The highest BCUT2D eigenvalue weighted by molar-refractivity contribution is 5.93. The SMILES string of the molecule is CCc1cc(C(c2cc3cc(N)ccc3c(N)n2)c2nc(-c3ccccc3)nn2C)c(F)cc1OC.O=C(O)C(F)(F)F. The molecule has 0 radical (unpaired) electrons. The van der Waals surface area contributed by atoms with Crippen LogP contribution in [0.3, 0.4) is 0 Å². The van der Waals surface area contributed by atoms with E-state index < -0.39 is 23.9 Å². The first-order chi connectivity index (χ1) is 20.3. The molecular weight excluding hydrogens is 568 g/mol. The number of hydrogen-bond acceptors (Lipinski definition) is 7. The number of hydrogen-bond donors (Lipinski definition) is 3. The lowest BCUT2D eigenvalue weighted by Crippen LogP contribution is -2.21. The van der Waals surface area contributed by atoms with E-state index >= 15 is 4.39 Å². The Kier molecular flexibility index (Phi) is 8.83. The van der Waals surface area contributed by atoms with Crippen molar-refractivity contribution < 1.29 is 32.2 Å². The van der Waals surface area contributed by atoms with Gasteiger partial charge in [-0.25, -0.2) is 19.2 Å². The average Bonchev–Trinajstić information content (AvgIpc) is 3.34. The van der Waals surface area contributed by atoms with Gasteiger partial charge in [0.1, 0.15) is 23.2 Å². The number of carbonyl (C=O) groups is 1. The van der Waals surface area contributed by atoms with Gasteiger partial charge in [0.25, 0.3) is 0 Å². The number of nitrogens with zero attached hydrogens (tertiary/aromatic N) is 4. The molecule has 1 unspecified atom stereocenters. The third-order valence-corrected chi connectivity index (χ3v) is 6.62. The molecule has 2 aromatic heterocycles. The third-order valence-electron chi connectivity index (χ3n) is 6.62. The molecule has 0 aliphatic rings. The quantitative estimate of drug-likeness (QED) is 0.167. The Bertz CT molecular complexity index is 1770. The molecule has 0 aliphatic heterocycles. The van der Waals surface area contributed by atoms with Gasteiger partial charge in [-0.1, -0.05) is 37.3 Å². The number of anilines is 2. The summed E-state index contributed by atoms with van der Waals surface area (Å²) in [5, 5.41) is 13.4. The molecule has 3 aromatic carbocycles. The van der Waals surface area contributed by atoms with Gasteiger partial charge in [0, 0.05) is 35.3 Å². The molecule has 0 spiro atoms. The van der Waals surface area contributed by atoms with Crippen molar-refractivity contribution in [1.82, 2.24) is 19.7 Å². The molecule has 13 heteroatoms. The molecule has 5 aromatic rings. The molecule has 0 saturated carbocycles. The molecule has 2 heterocycles. The lowest BCUT2D eigenvalue weighted by atomic mass is 9.90. The summed E-state index contributed by atoms with van der Waals surface area (Å²) in [4.78, 5) is 18.4. The van der Waals surface area contributed by atoms with E-state index in [0.29, 0.717) is 46.6 Å². The van der Waals surface area contributed by atoms with Crippen LogP contribution in [0.15, 0.2) is 66.7 Å². The number of benzene rings is 3. The maximum absolute atomic E-state index is 15.7. The highest BCUT2D eigenvalue weighted by atomic mass is 19.4. The molecule has 224 valence electrons. The van der Waals surface area contributed by atoms with Crippen LogP contribution in [-0.4, -0.2) is 44.1 Å². The molecule has 0 amide bonds. The van der Waals surface area contributed by atoms with Crippen LogP contribution in [0.2, 0.25) is 0 Å². The Hall–Kier alpha value is -5.20. The maximum atomic E-state index is 15.7. The summed E-state index contributed by atoms with van der Waals surface area (Å²) in [5.74, 6) is -1.94. The fraction of sp³-hybridized carbons (Fsp3) is 0.200. The highest BCUT2D eigenvalue weighted by Crippen LogP contribution is 2.37. The number of halogens is 4. The number of carboxylic acid groups (broad SMARTS) is 1. The Morgan fingerprint density at radius 3 is 2.33 bits per heavy atom. The number of rotatable bonds is 6. The van der Waals surface area contributed by atoms with E-state index in [1.807, 2.05) is 61.5 Å². The van der Waals surface area contributed by atoms with Crippen LogP contribution in [0, 0.1) is 5.82 Å². The van der Waals surface area contributed by atoms with Gasteiger partial charge in [0.2, 0.25) is 0 Å². The fourth-order valence-corrected chi connectivity index (χ4v) is 4.57. The monoisotopic (exact) mass is 596 g/mol. The van der Waals surface area contributed by atoms with Gasteiger partial charge >= 0.3 is 12.1 Å². The number of ether oxygens (including phenoxy) is 1. The van der Waals surface area contributed by atoms with Crippen molar-refractivity contribution in [3.63, 3.8) is 0 Å². The molecule has 0 bridgehead atoms. The number of aliphatic carboxylic acids is 1. The molecule has 9 nitrogen and oxygen atoms in total. The molecule has 5 N–H and O–H groups in total. The van der Waals surface area contributed by atoms with E-state index in [-0.39, 0.29) is 0 Å². The Labute approximate surface area is 243 Å². The van der Waals surface area contributed by atoms with Gasteiger partial charge < -0.3 is 21.3 Å². The Morgan fingerprint density at radius 1 is 1.05 bits per heavy atom. The number of carboxylic acids is 1. The number of nitrogen functional groups attached to an aromatic ring is 2. The minimum absolute atomic E-state index is 0.336. The molecule has 43 heavy (non-hydrogen) atoms. The number of methoxy groups -OCH3 is 1. The number of pyridine rings is 1. The van der Waals surface area contributed by atoms with Crippen LogP contribution in [0.4, 0.5) is 29.1 Å². The van der Waals surface area contributed by atoms with E-state index in [4.69, 9.17) is 36.1 Å². The zero-order valence-corrected chi connectivity index (χ0v) is 23.4. The van der Waals surface area contributed by atoms with E-state index in [0.717, 1.165) is 21.9 Å². The van der Waals surface area contributed by atoms with Gasteiger partial charge in [0.15, 0.2) is 5.82 Å². The molecule has 0 fully saturated rings. The van der Waals surface area contributed by atoms with Crippen molar-refractivity contribution in [2.45, 2.75) is 25.4 Å². The average molecular weight is 597 g/mol. The summed E-state index contributed by atoms with van der Waals surface area (Å²) in [6.07, 6.45) is -4.42. The van der Waals surface area contributed by atoms with Crippen molar-refractivity contribution in [3.05, 3.63) is 95.2 Å². The number of nitrogens with two attached hydrogens (primary N) is 2. The van der Waals surface area contributed by atoms with Gasteiger partial charge in [-0.15, -0.1) is 0 Å². The zero-order chi connectivity index (χ0) is 31.5. The second kappa shape index (κ2) is 12.3. The van der Waals surface area contributed by atoms with Crippen molar-refractivity contribution in [2.75, 3.05) is 18.6 Å².